The highest BCUT2D eigenvalue weighted by Gasteiger charge is 2.25. The van der Waals surface area contributed by atoms with E-state index in [1.165, 1.54) is 17.5 Å². The fourth-order valence-corrected chi connectivity index (χ4v) is 2.43. The van der Waals surface area contributed by atoms with Gasteiger partial charge in [0.1, 0.15) is 0 Å². The molecule has 0 heterocycles. The van der Waals surface area contributed by atoms with E-state index in [1.54, 1.807) is 0 Å². The van der Waals surface area contributed by atoms with Crippen LogP contribution >= 0.6 is 0 Å². The second-order valence-electron chi connectivity index (χ2n) is 6.95. The van der Waals surface area contributed by atoms with Gasteiger partial charge in [-0.15, -0.1) is 0 Å². The van der Waals surface area contributed by atoms with E-state index in [4.69, 9.17) is 0 Å². The Kier molecular flexibility index (Phi) is 4.61. The molecule has 1 aromatic carbocycles. The van der Waals surface area contributed by atoms with E-state index < -0.39 is 0 Å². The van der Waals surface area contributed by atoms with E-state index >= 15 is 0 Å². The second-order valence-corrected chi connectivity index (χ2v) is 6.95. The highest BCUT2D eigenvalue weighted by Crippen LogP contribution is 2.34. The molecule has 0 aliphatic heterocycles. The summed E-state index contributed by atoms with van der Waals surface area (Å²) in [7, 11) is 2.04. The number of hydrogen-bond donors (Lipinski definition) is 1. The molecule has 0 saturated carbocycles. The van der Waals surface area contributed by atoms with Crippen LogP contribution in [0, 0.1) is 5.41 Å². The third kappa shape index (κ3) is 3.35. The first kappa shape index (κ1) is 15.2. The molecule has 1 aromatic rings. The predicted octanol–water partition coefficient (Wildman–Crippen LogP) is 4.68. The molecule has 1 unspecified atom stereocenters. The van der Waals surface area contributed by atoms with Gasteiger partial charge in [0.25, 0.3) is 0 Å². The van der Waals surface area contributed by atoms with Crippen molar-refractivity contribution in [2.24, 2.45) is 5.41 Å². The Hall–Kier alpha value is -0.820. The van der Waals surface area contributed by atoms with Gasteiger partial charge in [-0.1, -0.05) is 65.8 Å². The Bertz CT molecular complexity index is 368. The Labute approximate surface area is 113 Å². The normalized spacial score (nSPS) is 14.6. The van der Waals surface area contributed by atoms with Gasteiger partial charge in [-0.25, -0.2) is 0 Å². The molecule has 0 aliphatic carbocycles. The van der Waals surface area contributed by atoms with Gasteiger partial charge >= 0.3 is 0 Å². The maximum atomic E-state index is 3.43. The molecule has 0 fully saturated rings. The molecular formula is C17H29N. The van der Waals surface area contributed by atoms with Crippen LogP contribution in [-0.2, 0) is 5.41 Å². The molecule has 0 bridgehead atoms. The van der Waals surface area contributed by atoms with Crippen LogP contribution in [0.1, 0.15) is 65.1 Å². The first-order valence-corrected chi connectivity index (χ1v) is 7.00. The molecule has 0 spiro atoms. The van der Waals surface area contributed by atoms with Crippen LogP contribution in [0.15, 0.2) is 24.3 Å². The number of benzene rings is 1. The van der Waals surface area contributed by atoms with Crippen molar-refractivity contribution in [2.45, 2.75) is 59.4 Å². The van der Waals surface area contributed by atoms with E-state index in [1.807, 2.05) is 7.05 Å². The Morgan fingerprint density at radius 1 is 1.00 bits per heavy atom. The third-order valence-electron chi connectivity index (χ3n) is 4.06. The van der Waals surface area contributed by atoms with Crippen molar-refractivity contribution in [3.63, 3.8) is 0 Å². The smallest absolute Gasteiger partial charge is 0.0366 e. The van der Waals surface area contributed by atoms with E-state index in [-0.39, 0.29) is 10.8 Å². The van der Waals surface area contributed by atoms with Crippen molar-refractivity contribution in [1.82, 2.24) is 5.32 Å². The van der Waals surface area contributed by atoms with Gasteiger partial charge in [0.15, 0.2) is 0 Å². The fourth-order valence-electron chi connectivity index (χ4n) is 2.43. The molecule has 0 radical (unpaired) electrons. The summed E-state index contributed by atoms with van der Waals surface area (Å²) in [5.41, 5.74) is 3.31. The monoisotopic (exact) mass is 247 g/mol. The summed E-state index contributed by atoms with van der Waals surface area (Å²) in [6, 6.07) is 9.53. The average molecular weight is 247 g/mol. The van der Waals surface area contributed by atoms with E-state index in [0.717, 1.165) is 0 Å². The number of nitrogens with one attached hydrogen (secondary N) is 1. The third-order valence-corrected chi connectivity index (χ3v) is 4.06. The average Bonchev–Trinajstić information content (AvgIpc) is 2.29. The van der Waals surface area contributed by atoms with Crippen molar-refractivity contribution in [2.75, 3.05) is 7.05 Å². The molecule has 0 saturated heterocycles. The zero-order valence-corrected chi connectivity index (χ0v) is 13.1. The van der Waals surface area contributed by atoms with Crippen molar-refractivity contribution in [3.8, 4) is 0 Å². The summed E-state index contributed by atoms with van der Waals surface area (Å²) in [6.07, 6.45) is 1.17. The van der Waals surface area contributed by atoms with Gasteiger partial charge in [0.05, 0.1) is 0 Å². The fraction of sp³-hybridized carbons (Fsp3) is 0.647. The summed E-state index contributed by atoms with van der Waals surface area (Å²) < 4.78 is 0. The minimum Gasteiger partial charge on any atom is -0.313 e. The molecule has 102 valence electrons. The molecule has 1 N–H and O–H groups in total. The molecule has 0 aromatic heterocycles. The molecule has 1 nitrogen and oxygen atoms in total. The first-order valence-electron chi connectivity index (χ1n) is 7.00. The quantitative estimate of drug-likeness (QED) is 0.814. The number of rotatable bonds is 4. The lowest BCUT2D eigenvalue weighted by Gasteiger charge is -2.31. The van der Waals surface area contributed by atoms with Crippen LogP contribution in [0.25, 0.3) is 0 Å². The SMILES string of the molecule is CCC(C)(C)c1ccc(C(NC)C(C)(C)C)cc1. The first-order chi connectivity index (χ1) is 8.22. The minimum atomic E-state index is 0.233. The summed E-state index contributed by atoms with van der Waals surface area (Å²) in [5, 5.41) is 3.43. The lowest BCUT2D eigenvalue weighted by Crippen LogP contribution is -2.29. The van der Waals surface area contributed by atoms with Crippen LogP contribution < -0.4 is 5.32 Å². The van der Waals surface area contributed by atoms with Crippen LogP contribution in [0.5, 0.6) is 0 Å². The molecule has 0 amide bonds. The maximum absolute atomic E-state index is 3.43. The van der Waals surface area contributed by atoms with Gasteiger partial charge in [-0.3, -0.25) is 0 Å². The van der Waals surface area contributed by atoms with Crippen LogP contribution in [-0.4, -0.2) is 7.05 Å². The van der Waals surface area contributed by atoms with Gasteiger partial charge in [0, 0.05) is 6.04 Å². The van der Waals surface area contributed by atoms with Crippen LogP contribution in [0.4, 0.5) is 0 Å². The molecule has 18 heavy (non-hydrogen) atoms. The molecule has 1 heteroatoms. The second kappa shape index (κ2) is 5.44. The maximum Gasteiger partial charge on any atom is 0.0366 e. The van der Waals surface area contributed by atoms with Crippen molar-refractivity contribution < 1.29 is 0 Å². The molecule has 1 atom stereocenters. The minimum absolute atomic E-state index is 0.233. The van der Waals surface area contributed by atoms with E-state index in [9.17, 15) is 0 Å². The topological polar surface area (TPSA) is 12.0 Å². The van der Waals surface area contributed by atoms with Gasteiger partial charge in [0.2, 0.25) is 0 Å². The van der Waals surface area contributed by atoms with Gasteiger partial charge in [-0.05, 0) is 35.4 Å². The van der Waals surface area contributed by atoms with E-state index in [0.29, 0.717) is 6.04 Å². The Morgan fingerprint density at radius 3 is 1.83 bits per heavy atom. The summed E-state index contributed by atoms with van der Waals surface area (Å²) in [6.45, 7) is 13.7. The highest BCUT2D eigenvalue weighted by atomic mass is 14.9. The molecular weight excluding hydrogens is 218 g/mol. The van der Waals surface area contributed by atoms with Crippen LogP contribution in [0.2, 0.25) is 0 Å². The standard InChI is InChI=1S/C17H29N/c1-8-17(5,6)14-11-9-13(10-12-14)15(18-7)16(2,3)4/h9-12,15,18H,8H2,1-7H3. The molecule has 0 aliphatic rings. The van der Waals surface area contributed by atoms with E-state index in [2.05, 4.69) is 71.1 Å². The zero-order chi connectivity index (χ0) is 14.0. The lowest BCUT2D eigenvalue weighted by atomic mass is 9.79. The summed E-state index contributed by atoms with van der Waals surface area (Å²) in [5.74, 6) is 0. The van der Waals surface area contributed by atoms with Crippen molar-refractivity contribution in [1.29, 1.82) is 0 Å². The predicted molar refractivity (Wildman–Crippen MR) is 81.0 cm³/mol. The number of hydrogen-bond acceptors (Lipinski definition) is 1. The summed E-state index contributed by atoms with van der Waals surface area (Å²) >= 11 is 0. The largest absolute Gasteiger partial charge is 0.313 e. The Morgan fingerprint density at radius 2 is 1.50 bits per heavy atom. The summed E-state index contributed by atoms with van der Waals surface area (Å²) in [4.78, 5) is 0. The van der Waals surface area contributed by atoms with Crippen molar-refractivity contribution in [3.05, 3.63) is 35.4 Å². The van der Waals surface area contributed by atoms with Crippen LogP contribution in [0.3, 0.4) is 0 Å². The van der Waals surface area contributed by atoms with Gasteiger partial charge in [-0.2, -0.15) is 0 Å². The van der Waals surface area contributed by atoms with Gasteiger partial charge < -0.3 is 5.32 Å². The zero-order valence-electron chi connectivity index (χ0n) is 13.1. The lowest BCUT2D eigenvalue weighted by molar-refractivity contribution is 0.287. The highest BCUT2D eigenvalue weighted by molar-refractivity contribution is 5.30. The molecule has 1 rings (SSSR count). The van der Waals surface area contributed by atoms with Crippen molar-refractivity contribution >= 4 is 0 Å². The Balaban J connectivity index is 3.02.